The van der Waals surface area contributed by atoms with Gasteiger partial charge in [0.25, 0.3) is 0 Å². The summed E-state index contributed by atoms with van der Waals surface area (Å²) in [6, 6.07) is 3.81. The summed E-state index contributed by atoms with van der Waals surface area (Å²) in [6.45, 7) is 2.23. The fraction of sp³-hybridized carbons (Fsp3) is 0.522. The molecule has 0 spiro atoms. The minimum atomic E-state index is -0.186. The van der Waals surface area contributed by atoms with Gasteiger partial charge in [-0.3, -0.25) is 9.98 Å². The van der Waals surface area contributed by atoms with Gasteiger partial charge in [0.05, 0.1) is 17.9 Å². The lowest BCUT2D eigenvalue weighted by Gasteiger charge is -2.37. The molecule has 1 aromatic heterocycles. The summed E-state index contributed by atoms with van der Waals surface area (Å²) in [5.41, 5.74) is 1.70. The number of hydrogen-bond acceptors (Lipinski definition) is 5. The van der Waals surface area contributed by atoms with Crippen LogP contribution < -0.4 is 0 Å². The summed E-state index contributed by atoms with van der Waals surface area (Å²) in [6.07, 6.45) is 14.4. The molecule has 30 heavy (non-hydrogen) atoms. The molecule has 3 heterocycles. The van der Waals surface area contributed by atoms with Gasteiger partial charge >= 0.3 is 0 Å². The largest absolute Gasteiger partial charge is 0.311 e. The second-order valence-electron chi connectivity index (χ2n) is 8.61. The van der Waals surface area contributed by atoms with Crippen molar-refractivity contribution in [3.8, 4) is 0 Å². The third kappa shape index (κ3) is 3.45. The maximum atomic E-state index is 14.2. The molecule has 0 saturated heterocycles. The summed E-state index contributed by atoms with van der Waals surface area (Å²) >= 11 is 6.30. The van der Waals surface area contributed by atoms with E-state index in [1.165, 1.54) is 6.07 Å². The first-order valence-corrected chi connectivity index (χ1v) is 11.4. The highest BCUT2D eigenvalue weighted by Crippen LogP contribution is 2.40. The molecule has 2 aliphatic carbocycles. The lowest BCUT2D eigenvalue weighted by atomic mass is 9.83. The fourth-order valence-corrected chi connectivity index (χ4v) is 5.63. The quantitative estimate of drug-likeness (QED) is 0.651. The van der Waals surface area contributed by atoms with E-state index < -0.39 is 0 Å². The Labute approximate surface area is 182 Å². The Morgan fingerprint density at radius 2 is 2.03 bits per heavy atom. The Bertz CT molecular complexity index is 931. The molecule has 0 amide bonds. The molecule has 2 aliphatic heterocycles. The lowest BCUT2D eigenvalue weighted by molar-refractivity contribution is 0.164. The molecule has 0 radical (unpaired) electrons. The van der Waals surface area contributed by atoms with Crippen LogP contribution in [0.5, 0.6) is 0 Å². The van der Waals surface area contributed by atoms with Crippen LogP contribution in [0.4, 0.5) is 4.39 Å². The first kappa shape index (κ1) is 19.7. The summed E-state index contributed by atoms with van der Waals surface area (Å²) in [5, 5.41) is 7.81. The third-order valence-electron chi connectivity index (χ3n) is 6.96. The van der Waals surface area contributed by atoms with E-state index in [0.717, 1.165) is 61.5 Å². The zero-order chi connectivity index (χ0) is 20.7. The zero-order valence-corrected chi connectivity index (χ0v) is 18.0. The molecule has 5 nitrogen and oxygen atoms in total. The van der Waals surface area contributed by atoms with Gasteiger partial charge in [0.2, 0.25) is 0 Å². The molecule has 7 heteroatoms. The smallest absolute Gasteiger partial charge is 0.149 e. The molecule has 4 aliphatic rings. The van der Waals surface area contributed by atoms with E-state index in [1.807, 2.05) is 18.6 Å². The highest BCUT2D eigenvalue weighted by atomic mass is 35.5. The summed E-state index contributed by atoms with van der Waals surface area (Å²) in [4.78, 5) is 11.4. The number of aliphatic imine (C=N–C) groups is 1. The summed E-state index contributed by atoms with van der Waals surface area (Å²) in [5.74, 6) is 1.43. The number of rotatable bonds is 3. The van der Waals surface area contributed by atoms with Crippen molar-refractivity contribution in [1.82, 2.24) is 14.9 Å². The molecule has 5 rings (SSSR count). The van der Waals surface area contributed by atoms with Crippen LogP contribution in [-0.4, -0.2) is 39.0 Å². The van der Waals surface area contributed by atoms with Gasteiger partial charge in [-0.05, 0) is 63.2 Å². The van der Waals surface area contributed by atoms with E-state index >= 15 is 0 Å². The minimum absolute atomic E-state index is 0.186. The maximum absolute atomic E-state index is 14.2. The van der Waals surface area contributed by atoms with Crippen LogP contribution in [0, 0.1) is 11.7 Å². The van der Waals surface area contributed by atoms with Gasteiger partial charge in [0, 0.05) is 34.8 Å². The van der Waals surface area contributed by atoms with Crippen LogP contribution in [0.3, 0.4) is 0 Å². The van der Waals surface area contributed by atoms with Crippen molar-refractivity contribution in [2.45, 2.75) is 69.9 Å². The number of aromatic nitrogens is 1. The monoisotopic (exact) mass is 427 g/mol. The van der Waals surface area contributed by atoms with Gasteiger partial charge < -0.3 is 4.90 Å². The number of allylic oxidation sites excluding steroid dienone is 2. The number of pyridine rings is 1. The van der Waals surface area contributed by atoms with Crippen LogP contribution >= 0.6 is 11.6 Å². The zero-order valence-electron chi connectivity index (χ0n) is 17.2. The Morgan fingerprint density at radius 3 is 2.80 bits per heavy atom. The normalized spacial score (nSPS) is 30.8. The molecule has 0 bridgehead atoms. The molecule has 0 aromatic carbocycles. The van der Waals surface area contributed by atoms with Gasteiger partial charge in [-0.2, -0.15) is 5.10 Å². The summed E-state index contributed by atoms with van der Waals surface area (Å²) in [7, 11) is 0. The molecule has 2 atom stereocenters. The van der Waals surface area contributed by atoms with Crippen molar-refractivity contribution >= 4 is 23.7 Å². The minimum Gasteiger partial charge on any atom is -0.311 e. The first-order valence-electron chi connectivity index (χ1n) is 11.0. The Kier molecular flexibility index (Phi) is 5.35. The fourth-order valence-electron chi connectivity index (χ4n) is 5.41. The number of fused-ring (bicyclic) bond motifs is 2. The average molecular weight is 428 g/mol. The van der Waals surface area contributed by atoms with E-state index in [0.29, 0.717) is 23.7 Å². The van der Waals surface area contributed by atoms with Gasteiger partial charge in [0.15, 0.2) is 0 Å². The Hall–Kier alpha value is -2.21. The van der Waals surface area contributed by atoms with Crippen molar-refractivity contribution in [1.29, 1.82) is 0 Å². The van der Waals surface area contributed by atoms with Gasteiger partial charge in [-0.25, -0.2) is 9.40 Å². The molecule has 158 valence electrons. The van der Waals surface area contributed by atoms with Crippen molar-refractivity contribution in [2.24, 2.45) is 16.0 Å². The van der Waals surface area contributed by atoms with E-state index in [2.05, 4.69) is 21.8 Å². The van der Waals surface area contributed by atoms with E-state index in [-0.39, 0.29) is 11.7 Å². The molecular formula is C23H27ClFN5. The van der Waals surface area contributed by atoms with Crippen molar-refractivity contribution in [2.75, 3.05) is 0 Å². The van der Waals surface area contributed by atoms with Crippen LogP contribution in [0.15, 0.2) is 51.6 Å². The molecule has 0 N–H and O–H groups in total. The summed E-state index contributed by atoms with van der Waals surface area (Å²) < 4.78 is 14.2. The van der Waals surface area contributed by atoms with Gasteiger partial charge in [-0.15, -0.1) is 0 Å². The van der Waals surface area contributed by atoms with Crippen molar-refractivity contribution < 1.29 is 4.39 Å². The molecule has 1 saturated carbocycles. The highest BCUT2D eigenvalue weighted by Gasteiger charge is 2.40. The Morgan fingerprint density at radius 1 is 1.20 bits per heavy atom. The van der Waals surface area contributed by atoms with Crippen LogP contribution in [0.2, 0.25) is 0 Å². The standard InChI is InChI=1S/C23H27ClFN5/c1-2-21-18-10-7-16(24)12-20(18)27-13-22-29(21)14-28-30(22)17-8-5-15(6-9-17)23-19(25)4-3-11-26-23/h3-4,11-15,17-18,21H,2,5-10H2,1H3. The van der Waals surface area contributed by atoms with Crippen molar-refractivity contribution in [3.05, 3.63) is 53.0 Å². The van der Waals surface area contributed by atoms with Gasteiger partial charge in [-0.1, -0.05) is 18.5 Å². The van der Waals surface area contributed by atoms with Crippen LogP contribution in [0.1, 0.15) is 63.5 Å². The molecule has 1 fully saturated rings. The predicted octanol–water partition coefficient (Wildman–Crippen LogP) is 5.37. The molecular weight excluding hydrogens is 401 g/mol. The topological polar surface area (TPSA) is 44.1 Å². The molecule has 2 unspecified atom stereocenters. The van der Waals surface area contributed by atoms with E-state index in [1.54, 1.807) is 12.3 Å². The first-order chi connectivity index (χ1) is 14.7. The van der Waals surface area contributed by atoms with E-state index in [9.17, 15) is 4.39 Å². The highest BCUT2D eigenvalue weighted by molar-refractivity contribution is 6.31. The SMILES string of the molecule is CCC1C2CCC(Cl)=CC2=NC=C2N1C=NN2C1CCC(c2ncccc2F)CC1. The van der Waals surface area contributed by atoms with Crippen LogP contribution in [0.25, 0.3) is 0 Å². The van der Waals surface area contributed by atoms with Crippen molar-refractivity contribution in [3.63, 3.8) is 0 Å². The number of hydrogen-bond donors (Lipinski definition) is 0. The third-order valence-corrected chi connectivity index (χ3v) is 7.26. The second kappa shape index (κ2) is 8.14. The maximum Gasteiger partial charge on any atom is 0.149 e. The average Bonchev–Trinajstić information content (AvgIpc) is 3.11. The number of nitrogens with zero attached hydrogens (tertiary/aromatic N) is 5. The molecule has 1 aromatic rings. The van der Waals surface area contributed by atoms with Crippen LogP contribution in [-0.2, 0) is 0 Å². The predicted molar refractivity (Wildman–Crippen MR) is 118 cm³/mol. The number of halogens is 2. The Balaban J connectivity index is 1.34. The van der Waals surface area contributed by atoms with Gasteiger partial charge in [0.1, 0.15) is 18.0 Å². The lowest BCUT2D eigenvalue weighted by Crippen LogP contribution is -2.43. The second-order valence-corrected chi connectivity index (χ2v) is 9.10. The van der Waals surface area contributed by atoms with E-state index in [4.69, 9.17) is 21.7 Å². The number of hydrazone groups is 1.